The molecule has 1 aromatic heterocycles. The van der Waals surface area contributed by atoms with Gasteiger partial charge in [0.2, 0.25) is 0 Å². The lowest BCUT2D eigenvalue weighted by molar-refractivity contribution is 0.199. The molecule has 0 aliphatic carbocycles. The Morgan fingerprint density at radius 1 is 1.53 bits per heavy atom. The van der Waals surface area contributed by atoms with Crippen LogP contribution in [0, 0.1) is 0 Å². The fourth-order valence-electron chi connectivity index (χ4n) is 2.43. The van der Waals surface area contributed by atoms with Crippen molar-refractivity contribution in [3.63, 3.8) is 0 Å². The molecule has 5 nitrogen and oxygen atoms in total. The van der Waals surface area contributed by atoms with Gasteiger partial charge in [-0.05, 0) is 33.5 Å². The number of likely N-dealkylation sites (N-methyl/N-ethyl adjacent to an activating group) is 1. The average molecular weight is 255 g/mol. The molecule has 0 radical (unpaired) electrons. The predicted molar refractivity (Wildman–Crippen MR) is 71.4 cm³/mol. The number of hydrogen-bond donors (Lipinski definition) is 1. The van der Waals surface area contributed by atoms with Crippen LogP contribution in [0.15, 0.2) is 0 Å². The first kappa shape index (κ1) is 12.7. The van der Waals surface area contributed by atoms with E-state index in [0.717, 1.165) is 23.8 Å². The van der Waals surface area contributed by atoms with Gasteiger partial charge < -0.3 is 10.2 Å². The fraction of sp³-hybridized carbons (Fsp3) is 0.818. The van der Waals surface area contributed by atoms with E-state index in [0.29, 0.717) is 6.04 Å². The van der Waals surface area contributed by atoms with Crippen LogP contribution in [0.2, 0.25) is 0 Å². The number of rotatable bonds is 5. The normalized spacial score (nSPS) is 21.3. The maximum absolute atomic E-state index is 4.21. The third kappa shape index (κ3) is 3.14. The van der Waals surface area contributed by atoms with Crippen molar-refractivity contribution in [1.82, 2.24) is 19.4 Å². The maximum Gasteiger partial charge on any atom is 0.134 e. The van der Waals surface area contributed by atoms with Crippen LogP contribution in [0.5, 0.6) is 0 Å². The van der Waals surface area contributed by atoms with Crippen molar-refractivity contribution in [3.8, 4) is 0 Å². The smallest absolute Gasteiger partial charge is 0.134 e. The second kappa shape index (κ2) is 5.75. The van der Waals surface area contributed by atoms with Crippen LogP contribution in [0.1, 0.15) is 18.5 Å². The van der Waals surface area contributed by atoms with E-state index in [1.807, 2.05) is 7.05 Å². The second-order valence-electron chi connectivity index (χ2n) is 4.83. The third-order valence-electron chi connectivity index (χ3n) is 3.21. The molecule has 17 heavy (non-hydrogen) atoms. The zero-order chi connectivity index (χ0) is 12.3. The minimum atomic E-state index is 0.663. The molecule has 0 aromatic carbocycles. The summed E-state index contributed by atoms with van der Waals surface area (Å²) in [6.07, 6.45) is 2.59. The zero-order valence-electron chi connectivity index (χ0n) is 10.8. The van der Waals surface area contributed by atoms with Gasteiger partial charge in [0.25, 0.3) is 0 Å². The Balaban J connectivity index is 1.97. The molecule has 1 aromatic rings. The molecule has 2 rings (SSSR count). The van der Waals surface area contributed by atoms with Gasteiger partial charge in [-0.2, -0.15) is 0 Å². The summed E-state index contributed by atoms with van der Waals surface area (Å²) in [6, 6.07) is 0.663. The minimum absolute atomic E-state index is 0.663. The van der Waals surface area contributed by atoms with E-state index in [4.69, 9.17) is 0 Å². The standard InChI is InChI=1S/C11H21N5S/c1-12-11-10(13-14-17-11)8-16-6-4-5-9(16)7-15(2)3/h9,12H,4-8H2,1-3H3. The highest BCUT2D eigenvalue weighted by Crippen LogP contribution is 2.24. The Morgan fingerprint density at radius 3 is 3.06 bits per heavy atom. The van der Waals surface area contributed by atoms with Crippen LogP contribution in [0.25, 0.3) is 0 Å². The summed E-state index contributed by atoms with van der Waals surface area (Å²) < 4.78 is 4.01. The summed E-state index contributed by atoms with van der Waals surface area (Å²) in [7, 11) is 6.21. The molecular formula is C11H21N5S. The van der Waals surface area contributed by atoms with Crippen LogP contribution in [-0.4, -0.2) is 59.7 Å². The van der Waals surface area contributed by atoms with E-state index in [-0.39, 0.29) is 0 Å². The first-order valence-electron chi connectivity index (χ1n) is 6.08. The number of hydrogen-bond acceptors (Lipinski definition) is 6. The molecule has 1 aliphatic rings. The van der Waals surface area contributed by atoms with Gasteiger partial charge in [-0.25, -0.2) is 0 Å². The summed E-state index contributed by atoms with van der Waals surface area (Å²) in [4.78, 5) is 4.79. The predicted octanol–water partition coefficient (Wildman–Crippen LogP) is 1.11. The molecule has 1 aliphatic heterocycles. The van der Waals surface area contributed by atoms with Crippen molar-refractivity contribution in [3.05, 3.63) is 5.69 Å². The molecule has 1 fully saturated rings. The number of likely N-dealkylation sites (tertiary alicyclic amines) is 1. The number of nitrogens with zero attached hydrogens (tertiary/aromatic N) is 4. The minimum Gasteiger partial charge on any atom is -0.377 e. The zero-order valence-corrected chi connectivity index (χ0v) is 11.6. The molecule has 6 heteroatoms. The van der Waals surface area contributed by atoms with Crippen molar-refractivity contribution in [2.75, 3.05) is 39.5 Å². The van der Waals surface area contributed by atoms with E-state index in [9.17, 15) is 0 Å². The van der Waals surface area contributed by atoms with Gasteiger partial charge >= 0.3 is 0 Å². The van der Waals surface area contributed by atoms with Crippen molar-refractivity contribution < 1.29 is 0 Å². The summed E-state index contributed by atoms with van der Waals surface area (Å²) in [5, 5.41) is 8.47. The lowest BCUT2D eigenvalue weighted by Crippen LogP contribution is -2.37. The lowest BCUT2D eigenvalue weighted by Gasteiger charge is -2.26. The molecule has 96 valence electrons. The Hall–Kier alpha value is -0.720. The van der Waals surface area contributed by atoms with Crippen molar-refractivity contribution in [2.24, 2.45) is 0 Å². The van der Waals surface area contributed by atoms with Gasteiger partial charge in [0.05, 0.1) is 0 Å². The Bertz CT molecular complexity index is 351. The van der Waals surface area contributed by atoms with Crippen LogP contribution in [-0.2, 0) is 6.54 Å². The summed E-state index contributed by atoms with van der Waals surface area (Å²) >= 11 is 1.44. The molecule has 0 saturated carbocycles. The number of aromatic nitrogens is 2. The molecule has 1 atom stereocenters. The van der Waals surface area contributed by atoms with Crippen molar-refractivity contribution >= 4 is 16.5 Å². The van der Waals surface area contributed by atoms with E-state index >= 15 is 0 Å². The molecular weight excluding hydrogens is 234 g/mol. The molecule has 2 heterocycles. The second-order valence-corrected chi connectivity index (χ2v) is 5.58. The molecule has 0 bridgehead atoms. The SMILES string of the molecule is CNc1snnc1CN1CCCC1CN(C)C. The topological polar surface area (TPSA) is 44.3 Å². The van der Waals surface area contributed by atoms with E-state index in [1.165, 1.54) is 30.9 Å². The highest BCUT2D eigenvalue weighted by Gasteiger charge is 2.26. The molecule has 1 unspecified atom stereocenters. The van der Waals surface area contributed by atoms with Gasteiger partial charge in [0.15, 0.2) is 0 Å². The quantitative estimate of drug-likeness (QED) is 0.854. The van der Waals surface area contributed by atoms with Gasteiger partial charge in [0.1, 0.15) is 10.7 Å². The van der Waals surface area contributed by atoms with Gasteiger partial charge in [-0.15, -0.1) is 5.10 Å². The van der Waals surface area contributed by atoms with Crippen LogP contribution in [0.4, 0.5) is 5.00 Å². The largest absolute Gasteiger partial charge is 0.377 e. The van der Waals surface area contributed by atoms with Gasteiger partial charge in [-0.3, -0.25) is 4.90 Å². The van der Waals surface area contributed by atoms with Crippen LogP contribution < -0.4 is 5.32 Å². The molecule has 0 amide bonds. The van der Waals surface area contributed by atoms with E-state index in [2.05, 4.69) is 38.8 Å². The summed E-state index contributed by atoms with van der Waals surface area (Å²) in [6.45, 7) is 3.23. The Morgan fingerprint density at radius 2 is 2.35 bits per heavy atom. The molecule has 1 N–H and O–H groups in total. The first-order valence-corrected chi connectivity index (χ1v) is 6.86. The van der Waals surface area contributed by atoms with Crippen LogP contribution >= 0.6 is 11.5 Å². The number of anilines is 1. The monoisotopic (exact) mass is 255 g/mol. The Kier molecular flexibility index (Phi) is 4.31. The first-order chi connectivity index (χ1) is 8.20. The third-order valence-corrected chi connectivity index (χ3v) is 4.00. The van der Waals surface area contributed by atoms with E-state index < -0.39 is 0 Å². The van der Waals surface area contributed by atoms with E-state index in [1.54, 1.807) is 0 Å². The van der Waals surface area contributed by atoms with Gasteiger partial charge in [0, 0.05) is 37.7 Å². The summed E-state index contributed by atoms with van der Waals surface area (Å²) in [5.41, 5.74) is 1.09. The fourth-order valence-corrected chi connectivity index (χ4v) is 2.95. The highest BCUT2D eigenvalue weighted by atomic mass is 32.1. The summed E-state index contributed by atoms with van der Waals surface area (Å²) in [5.74, 6) is 0. The molecule has 1 saturated heterocycles. The molecule has 0 spiro atoms. The Labute approximate surface area is 107 Å². The average Bonchev–Trinajstić information content (AvgIpc) is 2.88. The van der Waals surface area contributed by atoms with Crippen LogP contribution in [0.3, 0.4) is 0 Å². The maximum atomic E-state index is 4.21. The van der Waals surface area contributed by atoms with Gasteiger partial charge in [-0.1, -0.05) is 4.49 Å². The lowest BCUT2D eigenvalue weighted by atomic mass is 10.2. The van der Waals surface area contributed by atoms with Crippen molar-refractivity contribution in [1.29, 1.82) is 0 Å². The van der Waals surface area contributed by atoms with Crippen molar-refractivity contribution in [2.45, 2.75) is 25.4 Å². The highest BCUT2D eigenvalue weighted by molar-refractivity contribution is 7.10. The number of nitrogens with one attached hydrogen (secondary N) is 1.